The van der Waals surface area contributed by atoms with Crippen LogP contribution in [0.5, 0.6) is 5.75 Å². The Bertz CT molecular complexity index is 825. The third-order valence-electron chi connectivity index (χ3n) is 4.65. The number of nitrogens with zero attached hydrogens (tertiary/aromatic N) is 1. The molecular formula is C22H26N2O2. The summed E-state index contributed by atoms with van der Waals surface area (Å²) < 4.78 is 5.77. The molecule has 0 saturated heterocycles. The average molecular weight is 350 g/mol. The second-order valence-electron chi connectivity index (χ2n) is 7.09. The van der Waals surface area contributed by atoms with Crippen LogP contribution in [0.2, 0.25) is 0 Å². The van der Waals surface area contributed by atoms with Gasteiger partial charge in [0.1, 0.15) is 5.75 Å². The number of hydrogen-bond donors (Lipinski definition) is 1. The maximum Gasteiger partial charge on any atom is 0.277 e. The number of nitrogens with one attached hydrogen (secondary N) is 1. The summed E-state index contributed by atoms with van der Waals surface area (Å²) in [5.41, 5.74) is 8.25. The van der Waals surface area contributed by atoms with Crippen molar-refractivity contribution in [3.8, 4) is 5.75 Å². The van der Waals surface area contributed by atoms with Gasteiger partial charge in [0.05, 0.1) is 5.71 Å². The second-order valence-corrected chi connectivity index (χ2v) is 7.09. The van der Waals surface area contributed by atoms with Crippen LogP contribution in [-0.4, -0.2) is 18.2 Å². The van der Waals surface area contributed by atoms with Crippen LogP contribution in [0.4, 0.5) is 0 Å². The lowest BCUT2D eigenvalue weighted by Gasteiger charge is -2.17. The zero-order valence-electron chi connectivity index (χ0n) is 15.7. The Hall–Kier alpha value is -2.62. The first kappa shape index (κ1) is 18.2. The first-order valence-corrected chi connectivity index (χ1v) is 9.21. The van der Waals surface area contributed by atoms with Gasteiger partial charge in [0.25, 0.3) is 5.91 Å². The molecule has 0 spiro atoms. The number of aryl methyl sites for hydroxylation is 2. The summed E-state index contributed by atoms with van der Waals surface area (Å²) in [5.74, 6) is 0.871. The number of fused-ring (bicyclic) bond motifs is 1. The Labute approximate surface area is 155 Å². The molecule has 0 fully saturated rings. The van der Waals surface area contributed by atoms with Crippen LogP contribution in [0.25, 0.3) is 0 Å². The minimum Gasteiger partial charge on any atom is -0.483 e. The lowest BCUT2D eigenvalue weighted by atomic mass is 9.90. The van der Waals surface area contributed by atoms with Gasteiger partial charge in [-0.3, -0.25) is 4.79 Å². The molecule has 0 unspecified atom stereocenters. The molecule has 3 rings (SSSR count). The topological polar surface area (TPSA) is 50.7 Å². The van der Waals surface area contributed by atoms with E-state index in [1.807, 2.05) is 25.1 Å². The summed E-state index contributed by atoms with van der Waals surface area (Å²) in [7, 11) is 0. The number of carbonyl (C=O) groups is 1. The summed E-state index contributed by atoms with van der Waals surface area (Å²) in [4.78, 5) is 12.2. The molecule has 4 heteroatoms. The summed E-state index contributed by atoms with van der Waals surface area (Å²) in [6, 6.07) is 14.4. The Kier molecular flexibility index (Phi) is 5.71. The number of carbonyl (C=O) groups excluding carboxylic acids is 1. The van der Waals surface area contributed by atoms with E-state index in [1.54, 1.807) is 0 Å². The van der Waals surface area contributed by atoms with Crippen LogP contribution >= 0.6 is 0 Å². The molecule has 1 aliphatic carbocycles. The minimum atomic E-state index is -0.239. The molecule has 0 saturated carbocycles. The largest absolute Gasteiger partial charge is 0.483 e. The third-order valence-corrected chi connectivity index (χ3v) is 4.65. The van der Waals surface area contributed by atoms with Crippen molar-refractivity contribution in [3.05, 3.63) is 64.7 Å². The summed E-state index contributed by atoms with van der Waals surface area (Å²) >= 11 is 0. The third kappa shape index (κ3) is 4.31. The van der Waals surface area contributed by atoms with Crippen molar-refractivity contribution < 1.29 is 9.53 Å². The van der Waals surface area contributed by atoms with Gasteiger partial charge < -0.3 is 4.74 Å². The monoisotopic (exact) mass is 350 g/mol. The van der Waals surface area contributed by atoms with Gasteiger partial charge in [-0.2, -0.15) is 5.10 Å². The fourth-order valence-electron chi connectivity index (χ4n) is 3.27. The molecule has 0 aliphatic heterocycles. The van der Waals surface area contributed by atoms with Gasteiger partial charge in [-0.05, 0) is 54.9 Å². The SMILES string of the molecule is Cc1ccc(C(C)C)c(OCC(=O)N/N=C2\CCCc3ccccc32)c1. The van der Waals surface area contributed by atoms with Crippen LogP contribution in [0.3, 0.4) is 0 Å². The van der Waals surface area contributed by atoms with Gasteiger partial charge in [-0.1, -0.05) is 50.2 Å². The Balaban J connectivity index is 1.63. The lowest BCUT2D eigenvalue weighted by Crippen LogP contribution is -2.27. The Morgan fingerprint density at radius 3 is 2.81 bits per heavy atom. The number of hydrogen-bond acceptors (Lipinski definition) is 3. The molecule has 2 aromatic carbocycles. The number of amides is 1. The highest BCUT2D eigenvalue weighted by molar-refractivity contribution is 6.03. The zero-order chi connectivity index (χ0) is 18.5. The van der Waals surface area contributed by atoms with Crippen LogP contribution < -0.4 is 10.2 Å². The van der Waals surface area contributed by atoms with Gasteiger partial charge in [-0.25, -0.2) is 5.43 Å². The lowest BCUT2D eigenvalue weighted by molar-refractivity contribution is -0.123. The maximum atomic E-state index is 12.2. The molecule has 0 heterocycles. The number of hydrazone groups is 1. The molecule has 1 aliphatic rings. The van der Waals surface area contributed by atoms with Crippen LogP contribution in [0.15, 0.2) is 47.6 Å². The first-order valence-electron chi connectivity index (χ1n) is 9.21. The van der Waals surface area contributed by atoms with Gasteiger partial charge in [-0.15, -0.1) is 0 Å². The molecule has 0 atom stereocenters. The van der Waals surface area contributed by atoms with Crippen LogP contribution in [0, 0.1) is 6.92 Å². The fourth-order valence-corrected chi connectivity index (χ4v) is 3.27. The molecule has 2 aromatic rings. The van der Waals surface area contributed by atoms with E-state index in [-0.39, 0.29) is 12.5 Å². The van der Waals surface area contributed by atoms with E-state index in [4.69, 9.17) is 4.74 Å². The number of benzene rings is 2. The highest BCUT2D eigenvalue weighted by Gasteiger charge is 2.15. The molecule has 136 valence electrons. The van der Waals surface area contributed by atoms with E-state index in [1.165, 1.54) is 5.56 Å². The van der Waals surface area contributed by atoms with Gasteiger partial charge in [0.15, 0.2) is 6.61 Å². The van der Waals surface area contributed by atoms with Crippen molar-refractivity contribution in [2.75, 3.05) is 6.61 Å². The molecule has 0 bridgehead atoms. The van der Waals surface area contributed by atoms with E-state index >= 15 is 0 Å². The standard InChI is InChI=1S/C22H26N2O2/c1-15(2)18-12-11-16(3)13-21(18)26-14-22(25)24-23-20-10-6-8-17-7-4-5-9-19(17)20/h4-5,7,9,11-13,15H,6,8,10,14H2,1-3H3,(H,24,25)/b23-20+. The Morgan fingerprint density at radius 1 is 1.19 bits per heavy atom. The normalized spacial score (nSPS) is 15.0. The number of rotatable bonds is 5. The van der Waals surface area contributed by atoms with Crippen molar-refractivity contribution >= 4 is 11.6 Å². The minimum absolute atomic E-state index is 0.0401. The van der Waals surface area contributed by atoms with E-state index in [0.717, 1.165) is 47.4 Å². The highest BCUT2D eigenvalue weighted by atomic mass is 16.5. The predicted octanol–water partition coefficient (Wildman–Crippen LogP) is 4.35. The molecule has 26 heavy (non-hydrogen) atoms. The van der Waals surface area contributed by atoms with E-state index in [0.29, 0.717) is 5.92 Å². The first-order chi connectivity index (χ1) is 12.5. The van der Waals surface area contributed by atoms with Crippen molar-refractivity contribution in [2.24, 2.45) is 5.10 Å². The summed E-state index contributed by atoms with van der Waals surface area (Å²) in [5, 5.41) is 4.35. The smallest absolute Gasteiger partial charge is 0.277 e. The quantitative estimate of drug-likeness (QED) is 0.815. The van der Waals surface area contributed by atoms with E-state index < -0.39 is 0 Å². The molecule has 0 radical (unpaired) electrons. The zero-order valence-corrected chi connectivity index (χ0v) is 15.7. The molecule has 0 aromatic heterocycles. The average Bonchev–Trinajstić information content (AvgIpc) is 2.64. The van der Waals surface area contributed by atoms with Crippen molar-refractivity contribution in [3.63, 3.8) is 0 Å². The summed E-state index contributed by atoms with van der Waals surface area (Å²) in [6.07, 6.45) is 3.01. The molecule has 1 amide bonds. The molecule has 1 N–H and O–H groups in total. The summed E-state index contributed by atoms with van der Waals surface area (Å²) in [6.45, 7) is 6.21. The number of ether oxygens (including phenoxy) is 1. The van der Waals surface area contributed by atoms with E-state index in [9.17, 15) is 4.79 Å². The maximum absolute atomic E-state index is 12.2. The molecular weight excluding hydrogens is 324 g/mol. The van der Waals surface area contributed by atoms with Gasteiger partial charge in [0.2, 0.25) is 0 Å². The van der Waals surface area contributed by atoms with Crippen LogP contribution in [0.1, 0.15) is 54.9 Å². The van der Waals surface area contributed by atoms with Crippen LogP contribution in [-0.2, 0) is 11.2 Å². The van der Waals surface area contributed by atoms with Gasteiger partial charge in [0, 0.05) is 5.56 Å². The van der Waals surface area contributed by atoms with E-state index in [2.05, 4.69) is 48.6 Å². The van der Waals surface area contributed by atoms with Crippen molar-refractivity contribution in [1.29, 1.82) is 0 Å². The fraction of sp³-hybridized carbons (Fsp3) is 0.364. The predicted molar refractivity (Wildman–Crippen MR) is 105 cm³/mol. The van der Waals surface area contributed by atoms with Crippen molar-refractivity contribution in [1.82, 2.24) is 5.43 Å². The molecule has 4 nitrogen and oxygen atoms in total. The highest BCUT2D eigenvalue weighted by Crippen LogP contribution is 2.27. The van der Waals surface area contributed by atoms with Crippen molar-refractivity contribution in [2.45, 2.75) is 46.0 Å². The van der Waals surface area contributed by atoms with Gasteiger partial charge >= 0.3 is 0 Å². The second kappa shape index (κ2) is 8.17. The Morgan fingerprint density at radius 2 is 2.00 bits per heavy atom.